The molecule has 0 atom stereocenters. The van der Waals surface area contributed by atoms with Crippen molar-refractivity contribution in [3.63, 3.8) is 0 Å². The number of nitrogens with zero attached hydrogens (tertiary/aromatic N) is 3. The topological polar surface area (TPSA) is 66.3 Å². The number of hydrogen-bond acceptors (Lipinski definition) is 6. The van der Waals surface area contributed by atoms with E-state index in [0.717, 1.165) is 31.1 Å². The highest BCUT2D eigenvalue weighted by molar-refractivity contribution is 8.01. The minimum absolute atomic E-state index is 0.0279. The van der Waals surface area contributed by atoms with Gasteiger partial charge in [0, 0.05) is 13.1 Å². The molecule has 5 nitrogen and oxygen atoms in total. The van der Waals surface area contributed by atoms with Crippen LogP contribution < -0.4 is 4.90 Å². The summed E-state index contributed by atoms with van der Waals surface area (Å²) < 4.78 is 0.717. The second kappa shape index (κ2) is 6.44. The first-order chi connectivity index (χ1) is 10.2. The molecule has 7 heteroatoms. The molecule has 1 N–H and O–H groups in total. The Kier molecular flexibility index (Phi) is 4.40. The molecule has 0 amide bonds. The Hall–Kier alpha value is -1.60. The SMILES string of the molecule is O=C(O)CSc1nnc(N2CCc3ccccc3CC2)s1. The number of thioether (sulfide) groups is 1. The van der Waals surface area contributed by atoms with Crippen molar-refractivity contribution in [3.8, 4) is 0 Å². The standard InChI is InChI=1S/C14H15N3O2S2/c18-12(19)9-20-14-16-15-13(21-14)17-7-5-10-3-1-2-4-11(10)6-8-17/h1-4H,5-9H2,(H,18,19). The molecule has 0 saturated carbocycles. The van der Waals surface area contributed by atoms with Crippen LogP contribution in [0.1, 0.15) is 11.1 Å². The lowest BCUT2D eigenvalue weighted by molar-refractivity contribution is -0.133. The molecule has 0 unspecified atom stereocenters. The van der Waals surface area contributed by atoms with Gasteiger partial charge in [-0.15, -0.1) is 10.2 Å². The number of carbonyl (C=O) groups is 1. The van der Waals surface area contributed by atoms with Crippen molar-refractivity contribution in [2.24, 2.45) is 0 Å². The lowest BCUT2D eigenvalue weighted by Crippen LogP contribution is -2.25. The molecule has 0 saturated heterocycles. The predicted molar refractivity (Wildman–Crippen MR) is 84.3 cm³/mol. The molecule has 1 aromatic carbocycles. The minimum atomic E-state index is -0.832. The first kappa shape index (κ1) is 14.3. The quantitative estimate of drug-likeness (QED) is 0.872. The second-order valence-electron chi connectivity index (χ2n) is 4.79. The van der Waals surface area contributed by atoms with Crippen LogP contribution >= 0.6 is 23.1 Å². The summed E-state index contributed by atoms with van der Waals surface area (Å²) in [5.41, 5.74) is 2.81. The Morgan fingerprint density at radius 1 is 1.24 bits per heavy atom. The van der Waals surface area contributed by atoms with Crippen LogP contribution in [0.15, 0.2) is 28.6 Å². The molecule has 21 heavy (non-hydrogen) atoms. The van der Waals surface area contributed by atoms with Gasteiger partial charge in [-0.3, -0.25) is 4.79 Å². The highest BCUT2D eigenvalue weighted by Crippen LogP contribution is 2.29. The number of anilines is 1. The number of aromatic nitrogens is 2. The zero-order valence-corrected chi connectivity index (χ0v) is 13.0. The number of carboxylic acids is 1. The third-order valence-corrected chi connectivity index (χ3v) is 5.51. The highest BCUT2D eigenvalue weighted by atomic mass is 32.2. The van der Waals surface area contributed by atoms with E-state index < -0.39 is 5.97 Å². The molecule has 110 valence electrons. The number of rotatable bonds is 4. The van der Waals surface area contributed by atoms with E-state index in [1.807, 2.05) is 0 Å². The van der Waals surface area contributed by atoms with Crippen molar-refractivity contribution < 1.29 is 9.90 Å². The third kappa shape index (κ3) is 3.54. The average molecular weight is 321 g/mol. The van der Waals surface area contributed by atoms with E-state index in [9.17, 15) is 4.79 Å². The molecule has 3 rings (SSSR count). The normalized spacial score (nSPS) is 14.6. The van der Waals surface area contributed by atoms with Crippen LogP contribution in [0.2, 0.25) is 0 Å². The van der Waals surface area contributed by atoms with Gasteiger partial charge in [-0.1, -0.05) is 47.4 Å². The van der Waals surface area contributed by atoms with Gasteiger partial charge in [-0.05, 0) is 24.0 Å². The number of aliphatic carboxylic acids is 1. The Morgan fingerprint density at radius 3 is 2.52 bits per heavy atom. The molecule has 1 aliphatic heterocycles. The maximum Gasteiger partial charge on any atom is 0.313 e. The van der Waals surface area contributed by atoms with Crippen LogP contribution in [0.5, 0.6) is 0 Å². The first-order valence-corrected chi connectivity index (χ1v) is 8.52. The van der Waals surface area contributed by atoms with Crippen LogP contribution in [0, 0.1) is 0 Å². The Morgan fingerprint density at radius 2 is 1.90 bits per heavy atom. The van der Waals surface area contributed by atoms with Gasteiger partial charge in [0.1, 0.15) is 0 Å². The monoisotopic (exact) mass is 321 g/mol. The number of carboxylic acid groups (broad SMARTS) is 1. The Labute approximate surface area is 131 Å². The molecule has 0 bridgehead atoms. The number of fused-ring (bicyclic) bond motifs is 1. The minimum Gasteiger partial charge on any atom is -0.481 e. The summed E-state index contributed by atoms with van der Waals surface area (Å²) in [6.07, 6.45) is 2.01. The predicted octanol–water partition coefficient (Wildman–Crippen LogP) is 2.32. The maximum absolute atomic E-state index is 10.6. The smallest absolute Gasteiger partial charge is 0.313 e. The largest absolute Gasteiger partial charge is 0.481 e. The highest BCUT2D eigenvalue weighted by Gasteiger charge is 2.17. The van der Waals surface area contributed by atoms with Crippen molar-refractivity contribution in [2.75, 3.05) is 23.7 Å². The summed E-state index contributed by atoms with van der Waals surface area (Å²) in [5, 5.41) is 17.9. The van der Waals surface area contributed by atoms with Crippen molar-refractivity contribution in [2.45, 2.75) is 17.2 Å². The van der Waals surface area contributed by atoms with E-state index in [4.69, 9.17) is 5.11 Å². The van der Waals surface area contributed by atoms with Gasteiger partial charge in [0.25, 0.3) is 0 Å². The van der Waals surface area contributed by atoms with Crippen molar-refractivity contribution in [1.82, 2.24) is 10.2 Å². The van der Waals surface area contributed by atoms with E-state index in [1.54, 1.807) is 0 Å². The Bertz CT molecular complexity index is 618. The van der Waals surface area contributed by atoms with Gasteiger partial charge >= 0.3 is 5.97 Å². The van der Waals surface area contributed by atoms with Crippen LogP contribution in [0.4, 0.5) is 5.13 Å². The zero-order valence-electron chi connectivity index (χ0n) is 11.4. The van der Waals surface area contributed by atoms with Crippen molar-refractivity contribution in [3.05, 3.63) is 35.4 Å². The van der Waals surface area contributed by atoms with Crippen LogP contribution in [-0.4, -0.2) is 40.1 Å². The van der Waals surface area contributed by atoms with Gasteiger partial charge in [-0.25, -0.2) is 0 Å². The van der Waals surface area contributed by atoms with Crippen LogP contribution in [-0.2, 0) is 17.6 Å². The van der Waals surface area contributed by atoms with Gasteiger partial charge in [-0.2, -0.15) is 0 Å². The van der Waals surface area contributed by atoms with Crippen molar-refractivity contribution in [1.29, 1.82) is 0 Å². The van der Waals surface area contributed by atoms with Crippen LogP contribution in [0.25, 0.3) is 0 Å². The molecule has 1 aliphatic rings. The molecular formula is C14H15N3O2S2. The molecule has 2 heterocycles. The van der Waals surface area contributed by atoms with Gasteiger partial charge < -0.3 is 10.0 Å². The van der Waals surface area contributed by atoms with Crippen LogP contribution in [0.3, 0.4) is 0 Å². The fourth-order valence-corrected chi connectivity index (χ4v) is 3.98. The Balaban J connectivity index is 1.67. The lowest BCUT2D eigenvalue weighted by Gasteiger charge is -2.17. The zero-order chi connectivity index (χ0) is 14.7. The van der Waals surface area contributed by atoms with Crippen molar-refractivity contribution >= 4 is 34.2 Å². The molecule has 0 spiro atoms. The molecule has 2 aromatic rings. The van der Waals surface area contributed by atoms with E-state index in [-0.39, 0.29) is 5.75 Å². The third-order valence-electron chi connectivity index (χ3n) is 3.41. The maximum atomic E-state index is 10.6. The first-order valence-electron chi connectivity index (χ1n) is 6.72. The van der Waals surface area contributed by atoms with Gasteiger partial charge in [0.05, 0.1) is 5.75 Å². The molecular weight excluding hydrogens is 306 g/mol. The summed E-state index contributed by atoms with van der Waals surface area (Å²) in [6.45, 7) is 1.85. The van der Waals surface area contributed by atoms with Gasteiger partial charge in [0.2, 0.25) is 5.13 Å². The number of benzene rings is 1. The average Bonchev–Trinajstić information content (AvgIpc) is 2.85. The molecule has 1 aromatic heterocycles. The van der Waals surface area contributed by atoms with E-state index >= 15 is 0 Å². The summed E-state index contributed by atoms with van der Waals surface area (Å²) in [5.74, 6) is -0.804. The van der Waals surface area contributed by atoms with E-state index in [2.05, 4.69) is 39.4 Å². The summed E-state index contributed by atoms with van der Waals surface area (Å²) in [7, 11) is 0. The fourth-order valence-electron chi connectivity index (χ4n) is 2.37. The molecule has 0 fully saturated rings. The summed E-state index contributed by atoms with van der Waals surface area (Å²) >= 11 is 2.70. The molecule has 0 aliphatic carbocycles. The summed E-state index contributed by atoms with van der Waals surface area (Å²) in [6, 6.07) is 8.54. The second-order valence-corrected chi connectivity index (χ2v) is 6.97. The van der Waals surface area contributed by atoms with E-state index in [1.165, 1.54) is 34.2 Å². The van der Waals surface area contributed by atoms with E-state index in [0.29, 0.717) is 4.34 Å². The fraction of sp³-hybridized carbons (Fsp3) is 0.357. The molecule has 0 radical (unpaired) electrons. The number of hydrogen-bond donors (Lipinski definition) is 1. The lowest BCUT2D eigenvalue weighted by atomic mass is 10.0. The summed E-state index contributed by atoms with van der Waals surface area (Å²) in [4.78, 5) is 12.8. The van der Waals surface area contributed by atoms with Gasteiger partial charge in [0.15, 0.2) is 4.34 Å².